The fourth-order valence-electron chi connectivity index (χ4n) is 2.11. The fraction of sp³-hybridized carbons (Fsp3) is 0.294. The first kappa shape index (κ1) is 15.8. The van der Waals surface area contributed by atoms with Crippen molar-refractivity contribution in [2.45, 2.75) is 26.2 Å². The van der Waals surface area contributed by atoms with Gasteiger partial charge in [-0.1, -0.05) is 32.0 Å². The molecule has 5 nitrogen and oxygen atoms in total. The number of carbonyl (C=O) groups excluding carboxylic acids is 2. The predicted octanol–water partition coefficient (Wildman–Crippen LogP) is 3.32. The molecule has 0 fully saturated rings. The maximum Gasteiger partial charge on any atom is 0.355 e. The van der Waals surface area contributed by atoms with E-state index in [-0.39, 0.29) is 12.5 Å². The summed E-state index contributed by atoms with van der Waals surface area (Å²) >= 11 is 0. The van der Waals surface area contributed by atoms with Gasteiger partial charge in [-0.25, -0.2) is 4.79 Å². The van der Waals surface area contributed by atoms with E-state index in [1.807, 2.05) is 24.3 Å². The summed E-state index contributed by atoms with van der Waals surface area (Å²) in [5, 5.41) is 2.80. The van der Waals surface area contributed by atoms with Crippen LogP contribution in [0.15, 0.2) is 42.6 Å². The molecule has 0 aliphatic heterocycles. The average Bonchev–Trinajstić information content (AvgIpc) is 3.07. The quantitative estimate of drug-likeness (QED) is 0.804. The Bertz CT molecular complexity index is 635. The SMILES string of the molecule is CC[C@H](C)c1ccccc1NC(=O)COC(=O)c1ccc[nH]1. The van der Waals surface area contributed by atoms with Crippen molar-refractivity contribution in [3.05, 3.63) is 53.9 Å². The predicted molar refractivity (Wildman–Crippen MR) is 84.9 cm³/mol. The highest BCUT2D eigenvalue weighted by molar-refractivity contribution is 5.95. The van der Waals surface area contributed by atoms with E-state index in [0.717, 1.165) is 17.7 Å². The van der Waals surface area contributed by atoms with Crippen molar-refractivity contribution in [3.63, 3.8) is 0 Å². The second-order valence-corrected chi connectivity index (χ2v) is 5.10. The Kier molecular flexibility index (Phi) is 5.36. The Balaban J connectivity index is 1.94. The third-order valence-corrected chi connectivity index (χ3v) is 3.53. The Morgan fingerprint density at radius 1 is 1.23 bits per heavy atom. The van der Waals surface area contributed by atoms with Crippen molar-refractivity contribution in [2.24, 2.45) is 0 Å². The van der Waals surface area contributed by atoms with Crippen LogP contribution in [0.5, 0.6) is 0 Å². The molecular weight excluding hydrogens is 280 g/mol. The zero-order valence-corrected chi connectivity index (χ0v) is 12.8. The van der Waals surface area contributed by atoms with Crippen molar-refractivity contribution < 1.29 is 14.3 Å². The van der Waals surface area contributed by atoms with Gasteiger partial charge in [0, 0.05) is 11.9 Å². The third-order valence-electron chi connectivity index (χ3n) is 3.53. The van der Waals surface area contributed by atoms with E-state index >= 15 is 0 Å². The number of rotatable bonds is 6. The van der Waals surface area contributed by atoms with Crippen molar-refractivity contribution in [1.82, 2.24) is 4.98 Å². The van der Waals surface area contributed by atoms with E-state index in [1.54, 1.807) is 18.3 Å². The van der Waals surface area contributed by atoms with Crippen LogP contribution in [0.3, 0.4) is 0 Å². The van der Waals surface area contributed by atoms with Crippen molar-refractivity contribution in [2.75, 3.05) is 11.9 Å². The number of amides is 1. The molecule has 1 atom stereocenters. The van der Waals surface area contributed by atoms with Gasteiger partial charge in [0.1, 0.15) is 5.69 Å². The number of carbonyl (C=O) groups is 2. The second kappa shape index (κ2) is 7.45. The van der Waals surface area contributed by atoms with Gasteiger partial charge < -0.3 is 15.0 Å². The zero-order valence-electron chi connectivity index (χ0n) is 12.8. The summed E-state index contributed by atoms with van der Waals surface area (Å²) in [6.45, 7) is 3.89. The van der Waals surface area contributed by atoms with Crippen molar-refractivity contribution in [3.8, 4) is 0 Å². The van der Waals surface area contributed by atoms with E-state index in [1.165, 1.54) is 0 Å². The second-order valence-electron chi connectivity index (χ2n) is 5.10. The summed E-state index contributed by atoms with van der Waals surface area (Å²) in [5.41, 5.74) is 2.17. The van der Waals surface area contributed by atoms with Gasteiger partial charge in [-0.3, -0.25) is 4.79 Å². The lowest BCUT2D eigenvalue weighted by atomic mass is 9.97. The minimum Gasteiger partial charge on any atom is -0.451 e. The lowest BCUT2D eigenvalue weighted by molar-refractivity contribution is -0.119. The molecule has 0 bridgehead atoms. The van der Waals surface area contributed by atoms with Crippen LogP contribution < -0.4 is 5.32 Å². The standard InChI is InChI=1S/C17H20N2O3/c1-3-12(2)13-7-4-5-8-14(13)19-16(20)11-22-17(21)15-9-6-10-18-15/h4-10,12,18H,3,11H2,1-2H3,(H,19,20)/t12-/m0/s1. The molecule has 0 radical (unpaired) electrons. The highest BCUT2D eigenvalue weighted by Crippen LogP contribution is 2.26. The number of para-hydroxylation sites is 1. The summed E-state index contributed by atoms with van der Waals surface area (Å²) in [5.74, 6) is -0.552. The third kappa shape index (κ3) is 3.97. The van der Waals surface area contributed by atoms with Gasteiger partial charge in [-0.15, -0.1) is 0 Å². The molecule has 0 spiro atoms. The minimum absolute atomic E-state index is 0.313. The van der Waals surface area contributed by atoms with Crippen LogP contribution in [0, 0.1) is 0 Å². The number of ether oxygens (including phenoxy) is 1. The fourth-order valence-corrected chi connectivity index (χ4v) is 2.11. The Morgan fingerprint density at radius 2 is 2.00 bits per heavy atom. The molecule has 1 heterocycles. The lowest BCUT2D eigenvalue weighted by Crippen LogP contribution is -2.21. The normalized spacial score (nSPS) is 11.7. The molecule has 116 valence electrons. The van der Waals surface area contributed by atoms with E-state index in [2.05, 4.69) is 24.1 Å². The summed E-state index contributed by atoms with van der Waals surface area (Å²) in [6.07, 6.45) is 2.60. The van der Waals surface area contributed by atoms with E-state index in [9.17, 15) is 9.59 Å². The Labute approximate surface area is 129 Å². The number of nitrogens with one attached hydrogen (secondary N) is 2. The van der Waals surface area contributed by atoms with Gasteiger partial charge in [0.15, 0.2) is 6.61 Å². The van der Waals surface area contributed by atoms with Gasteiger partial charge in [0.2, 0.25) is 0 Å². The van der Waals surface area contributed by atoms with Crippen LogP contribution in [-0.4, -0.2) is 23.5 Å². The Morgan fingerprint density at radius 3 is 2.68 bits per heavy atom. The number of aromatic amines is 1. The number of hydrogen-bond acceptors (Lipinski definition) is 3. The zero-order chi connectivity index (χ0) is 15.9. The maximum absolute atomic E-state index is 12.0. The van der Waals surface area contributed by atoms with Crippen LogP contribution in [0.1, 0.15) is 42.2 Å². The summed E-state index contributed by atoms with van der Waals surface area (Å²) in [6, 6.07) is 11.0. The van der Waals surface area contributed by atoms with Crippen LogP contribution in [-0.2, 0) is 9.53 Å². The first-order valence-corrected chi connectivity index (χ1v) is 7.31. The molecule has 0 aliphatic rings. The van der Waals surface area contributed by atoms with Gasteiger partial charge in [-0.2, -0.15) is 0 Å². The van der Waals surface area contributed by atoms with Crippen molar-refractivity contribution >= 4 is 17.6 Å². The van der Waals surface area contributed by atoms with Crippen molar-refractivity contribution in [1.29, 1.82) is 0 Å². The highest BCUT2D eigenvalue weighted by atomic mass is 16.5. The number of hydrogen-bond donors (Lipinski definition) is 2. The van der Waals surface area contributed by atoms with Crippen LogP contribution in [0.25, 0.3) is 0 Å². The first-order valence-electron chi connectivity index (χ1n) is 7.31. The summed E-state index contributed by atoms with van der Waals surface area (Å²) < 4.78 is 4.96. The largest absolute Gasteiger partial charge is 0.451 e. The number of benzene rings is 1. The van der Waals surface area contributed by atoms with E-state index in [0.29, 0.717) is 11.6 Å². The smallest absolute Gasteiger partial charge is 0.355 e. The molecule has 0 aliphatic carbocycles. The van der Waals surface area contributed by atoms with Gasteiger partial charge >= 0.3 is 5.97 Å². The monoisotopic (exact) mass is 300 g/mol. The molecule has 2 N–H and O–H groups in total. The number of aromatic nitrogens is 1. The number of esters is 1. The van der Waals surface area contributed by atoms with Gasteiger partial charge in [0.25, 0.3) is 5.91 Å². The molecule has 1 amide bonds. The molecule has 22 heavy (non-hydrogen) atoms. The van der Waals surface area contributed by atoms with E-state index < -0.39 is 5.97 Å². The average molecular weight is 300 g/mol. The molecular formula is C17H20N2O3. The van der Waals surface area contributed by atoms with Gasteiger partial charge in [0.05, 0.1) is 0 Å². The molecule has 5 heteroatoms. The van der Waals surface area contributed by atoms with Gasteiger partial charge in [-0.05, 0) is 36.1 Å². The number of anilines is 1. The van der Waals surface area contributed by atoms with E-state index in [4.69, 9.17) is 4.74 Å². The van der Waals surface area contributed by atoms with Crippen LogP contribution >= 0.6 is 0 Å². The lowest BCUT2D eigenvalue weighted by Gasteiger charge is -2.15. The van der Waals surface area contributed by atoms with Crippen LogP contribution in [0.2, 0.25) is 0 Å². The molecule has 0 saturated carbocycles. The summed E-state index contributed by atoms with van der Waals surface area (Å²) in [7, 11) is 0. The summed E-state index contributed by atoms with van der Waals surface area (Å²) in [4.78, 5) is 26.3. The topological polar surface area (TPSA) is 71.2 Å². The first-order chi connectivity index (χ1) is 10.6. The molecule has 1 aromatic heterocycles. The maximum atomic E-state index is 12.0. The molecule has 0 saturated heterocycles. The molecule has 2 aromatic rings. The molecule has 0 unspecified atom stereocenters. The molecule has 2 rings (SSSR count). The minimum atomic E-state index is -0.546. The highest BCUT2D eigenvalue weighted by Gasteiger charge is 2.13. The Hall–Kier alpha value is -2.56. The number of H-pyrrole nitrogens is 1. The molecule has 1 aromatic carbocycles. The van der Waals surface area contributed by atoms with Crippen LogP contribution in [0.4, 0.5) is 5.69 Å².